The van der Waals surface area contributed by atoms with E-state index in [2.05, 4.69) is 10.3 Å². The summed E-state index contributed by atoms with van der Waals surface area (Å²) in [7, 11) is 0. The summed E-state index contributed by atoms with van der Waals surface area (Å²) in [6.07, 6.45) is 0.488. The number of aromatic nitrogens is 1. The molecular formula is C15H16N2O3. The second kappa shape index (κ2) is 5.69. The number of carbonyl (C=O) groups is 2. The maximum Gasteiger partial charge on any atom is 0.303 e. The van der Waals surface area contributed by atoms with Crippen LogP contribution < -0.4 is 5.32 Å². The zero-order valence-electron chi connectivity index (χ0n) is 11.4. The Labute approximate surface area is 116 Å². The molecule has 0 saturated heterocycles. The number of hydrogen-bond donors (Lipinski definition) is 2. The van der Waals surface area contributed by atoms with Crippen molar-refractivity contribution in [1.29, 1.82) is 0 Å². The average Bonchev–Trinajstić information content (AvgIpc) is 2.36. The van der Waals surface area contributed by atoms with E-state index in [1.165, 1.54) is 6.92 Å². The fraction of sp³-hybridized carbons (Fsp3) is 0.267. The number of carboxylic acids is 1. The zero-order valence-corrected chi connectivity index (χ0v) is 11.4. The molecule has 0 saturated carbocycles. The lowest BCUT2D eigenvalue weighted by Crippen LogP contribution is -2.05. The molecule has 1 aromatic carbocycles. The summed E-state index contributed by atoms with van der Waals surface area (Å²) < 4.78 is 0. The van der Waals surface area contributed by atoms with Crippen LogP contribution in [0.1, 0.15) is 24.6 Å². The number of carboxylic acid groups (broad SMARTS) is 1. The van der Waals surface area contributed by atoms with Crippen molar-refractivity contribution in [3.05, 3.63) is 35.5 Å². The highest BCUT2D eigenvalue weighted by Crippen LogP contribution is 2.22. The molecular weight excluding hydrogens is 256 g/mol. The molecule has 0 radical (unpaired) electrons. The minimum Gasteiger partial charge on any atom is -0.481 e. The highest BCUT2D eigenvalue weighted by atomic mass is 16.4. The predicted octanol–water partition coefficient (Wildman–Crippen LogP) is 2.52. The Morgan fingerprint density at radius 1 is 1.30 bits per heavy atom. The number of carbonyl (C=O) groups excluding carboxylic acids is 1. The molecule has 2 aromatic rings. The highest BCUT2D eigenvalue weighted by molar-refractivity contribution is 5.93. The number of pyridine rings is 1. The summed E-state index contributed by atoms with van der Waals surface area (Å²) >= 11 is 0. The fourth-order valence-corrected chi connectivity index (χ4v) is 2.11. The van der Waals surface area contributed by atoms with Crippen molar-refractivity contribution in [2.24, 2.45) is 0 Å². The monoisotopic (exact) mass is 272 g/mol. The standard InChI is InChI=1S/C15H16N2O3/c1-9-7-11(4-6-15(19)20)17-14-5-3-12(8-13(9)14)16-10(2)18/h3,5,7-8H,4,6H2,1-2H3,(H,16,18)(H,19,20). The summed E-state index contributed by atoms with van der Waals surface area (Å²) in [6, 6.07) is 7.39. The zero-order chi connectivity index (χ0) is 14.7. The summed E-state index contributed by atoms with van der Waals surface area (Å²) in [5, 5.41) is 12.4. The van der Waals surface area contributed by atoms with Crippen molar-refractivity contribution in [3.8, 4) is 0 Å². The van der Waals surface area contributed by atoms with E-state index < -0.39 is 5.97 Å². The van der Waals surface area contributed by atoms with Gasteiger partial charge >= 0.3 is 5.97 Å². The molecule has 0 atom stereocenters. The molecule has 2 N–H and O–H groups in total. The Kier molecular flexibility index (Phi) is 3.98. The van der Waals surface area contributed by atoms with Gasteiger partial charge in [0.05, 0.1) is 11.9 Å². The average molecular weight is 272 g/mol. The minimum atomic E-state index is -0.828. The van der Waals surface area contributed by atoms with Gasteiger partial charge in [0.15, 0.2) is 0 Å². The minimum absolute atomic E-state index is 0.0714. The Balaban J connectivity index is 2.36. The van der Waals surface area contributed by atoms with Crippen LogP contribution in [0.3, 0.4) is 0 Å². The molecule has 5 heteroatoms. The molecule has 0 aliphatic carbocycles. The molecule has 0 bridgehead atoms. The number of nitrogens with one attached hydrogen (secondary N) is 1. The van der Waals surface area contributed by atoms with Gasteiger partial charge in [-0.15, -0.1) is 0 Å². The van der Waals surface area contributed by atoms with Gasteiger partial charge in [-0.25, -0.2) is 0 Å². The molecule has 2 rings (SSSR count). The lowest BCUT2D eigenvalue weighted by Gasteiger charge is -2.08. The third-order valence-electron chi connectivity index (χ3n) is 2.98. The van der Waals surface area contributed by atoms with Gasteiger partial charge in [0.1, 0.15) is 0 Å². The van der Waals surface area contributed by atoms with Crippen LogP contribution in [0.5, 0.6) is 0 Å². The van der Waals surface area contributed by atoms with Gasteiger partial charge in [-0.3, -0.25) is 14.6 Å². The van der Waals surface area contributed by atoms with Crippen LogP contribution in [0.25, 0.3) is 10.9 Å². The molecule has 0 unspecified atom stereocenters. The number of aryl methyl sites for hydroxylation is 2. The molecule has 5 nitrogen and oxygen atoms in total. The van der Waals surface area contributed by atoms with Crippen molar-refractivity contribution >= 4 is 28.5 Å². The smallest absolute Gasteiger partial charge is 0.303 e. The normalized spacial score (nSPS) is 10.5. The van der Waals surface area contributed by atoms with Crippen LogP contribution in [-0.4, -0.2) is 22.0 Å². The van der Waals surface area contributed by atoms with Crippen LogP contribution >= 0.6 is 0 Å². The van der Waals surface area contributed by atoms with Gasteiger partial charge < -0.3 is 10.4 Å². The van der Waals surface area contributed by atoms with Crippen molar-refractivity contribution < 1.29 is 14.7 Å². The molecule has 0 aliphatic rings. The molecule has 1 amide bonds. The second-order valence-electron chi connectivity index (χ2n) is 4.74. The first-order valence-corrected chi connectivity index (χ1v) is 6.35. The number of nitrogens with zero attached hydrogens (tertiary/aromatic N) is 1. The summed E-state index contributed by atoms with van der Waals surface area (Å²) in [5.74, 6) is -0.946. The Morgan fingerprint density at radius 3 is 2.70 bits per heavy atom. The van der Waals surface area contributed by atoms with Crippen LogP contribution in [0.4, 0.5) is 5.69 Å². The van der Waals surface area contributed by atoms with Crippen molar-refractivity contribution in [3.63, 3.8) is 0 Å². The largest absolute Gasteiger partial charge is 0.481 e. The van der Waals surface area contributed by atoms with Crippen LogP contribution in [0, 0.1) is 6.92 Å². The van der Waals surface area contributed by atoms with Gasteiger partial charge in [0.2, 0.25) is 5.91 Å². The van der Waals surface area contributed by atoms with Gasteiger partial charge in [0.25, 0.3) is 0 Å². The second-order valence-corrected chi connectivity index (χ2v) is 4.74. The quantitative estimate of drug-likeness (QED) is 0.896. The van der Waals surface area contributed by atoms with E-state index in [1.54, 1.807) is 6.07 Å². The van der Waals surface area contributed by atoms with Crippen molar-refractivity contribution in [2.75, 3.05) is 5.32 Å². The first-order valence-electron chi connectivity index (χ1n) is 6.35. The topological polar surface area (TPSA) is 79.3 Å². The number of fused-ring (bicyclic) bond motifs is 1. The number of rotatable bonds is 4. The Bertz CT molecular complexity index is 680. The number of hydrogen-bond acceptors (Lipinski definition) is 3. The maximum atomic E-state index is 11.1. The molecule has 1 heterocycles. The van der Waals surface area contributed by atoms with E-state index in [9.17, 15) is 9.59 Å². The van der Waals surface area contributed by atoms with Gasteiger partial charge in [0, 0.05) is 30.1 Å². The maximum absolute atomic E-state index is 11.1. The molecule has 0 spiro atoms. The van der Waals surface area contributed by atoms with Crippen LogP contribution in [-0.2, 0) is 16.0 Å². The third kappa shape index (κ3) is 3.32. The lowest BCUT2D eigenvalue weighted by molar-refractivity contribution is -0.137. The number of aliphatic carboxylic acids is 1. The van der Waals surface area contributed by atoms with Gasteiger partial charge in [-0.2, -0.15) is 0 Å². The lowest BCUT2D eigenvalue weighted by atomic mass is 10.1. The van der Waals surface area contributed by atoms with Crippen molar-refractivity contribution in [2.45, 2.75) is 26.7 Å². The third-order valence-corrected chi connectivity index (χ3v) is 2.98. The van der Waals surface area contributed by atoms with Crippen LogP contribution in [0.15, 0.2) is 24.3 Å². The molecule has 20 heavy (non-hydrogen) atoms. The van der Waals surface area contributed by atoms with E-state index in [0.29, 0.717) is 6.42 Å². The Morgan fingerprint density at radius 2 is 2.05 bits per heavy atom. The summed E-state index contributed by atoms with van der Waals surface area (Å²) in [6.45, 7) is 3.41. The Hall–Kier alpha value is -2.43. The van der Waals surface area contributed by atoms with Gasteiger partial charge in [-0.05, 0) is 36.8 Å². The first kappa shape index (κ1) is 14.0. The fourth-order valence-electron chi connectivity index (χ4n) is 2.11. The van der Waals surface area contributed by atoms with Crippen molar-refractivity contribution in [1.82, 2.24) is 4.98 Å². The van der Waals surface area contributed by atoms with E-state index in [-0.39, 0.29) is 12.3 Å². The summed E-state index contributed by atoms with van der Waals surface area (Å²) in [5.41, 5.74) is 3.32. The first-order chi connectivity index (χ1) is 9.45. The molecule has 0 aliphatic heterocycles. The highest BCUT2D eigenvalue weighted by Gasteiger charge is 2.06. The number of anilines is 1. The predicted molar refractivity (Wildman–Crippen MR) is 76.7 cm³/mol. The van der Waals surface area contributed by atoms with E-state index in [1.807, 2.05) is 25.1 Å². The number of benzene rings is 1. The summed E-state index contributed by atoms with van der Waals surface area (Å²) in [4.78, 5) is 26.1. The van der Waals surface area contributed by atoms with E-state index >= 15 is 0 Å². The molecule has 104 valence electrons. The SMILES string of the molecule is CC(=O)Nc1ccc2nc(CCC(=O)O)cc(C)c2c1. The molecule has 1 aromatic heterocycles. The van der Waals surface area contributed by atoms with Crippen LogP contribution in [0.2, 0.25) is 0 Å². The van der Waals surface area contributed by atoms with E-state index in [4.69, 9.17) is 5.11 Å². The molecule has 0 fully saturated rings. The van der Waals surface area contributed by atoms with Gasteiger partial charge in [-0.1, -0.05) is 0 Å². The van der Waals surface area contributed by atoms with E-state index in [0.717, 1.165) is 27.8 Å². The number of amides is 1.